The maximum absolute atomic E-state index is 12.7. The number of ether oxygens (including phenoxy) is 2. The van der Waals surface area contributed by atoms with E-state index in [1.807, 2.05) is 0 Å². The molecule has 0 saturated carbocycles. The molecule has 0 aliphatic rings. The van der Waals surface area contributed by atoms with Gasteiger partial charge < -0.3 is 9.47 Å². The molecule has 0 unspecified atom stereocenters. The summed E-state index contributed by atoms with van der Waals surface area (Å²) >= 11 is 0. The molecule has 0 saturated heterocycles. The van der Waals surface area contributed by atoms with E-state index in [2.05, 4.69) is 9.47 Å². The van der Waals surface area contributed by atoms with Gasteiger partial charge in [-0.2, -0.15) is 43.9 Å². The molecule has 5 nitrogen and oxygen atoms in total. The van der Waals surface area contributed by atoms with Gasteiger partial charge in [-0.15, -0.1) is 0 Å². The number of hydrogen-bond donors (Lipinski definition) is 0. The largest absolute Gasteiger partial charge is 0.465 e. The Labute approximate surface area is 151 Å². The highest BCUT2D eigenvalue weighted by molar-refractivity contribution is 5.79. The number of alkyl halides is 10. The molecular weight excluding hydrogens is 424 g/mol. The standard InChI is InChI=1S/C13H15F10NO4/c1-2-3-24(4-6-27-8(25)10(14,15)12(18,19)20)5-7-28-9(26)11(16,17)13(21,22)23/h2-7H2,1H3. The van der Waals surface area contributed by atoms with E-state index in [1.165, 1.54) is 0 Å². The van der Waals surface area contributed by atoms with Crippen LogP contribution >= 0.6 is 0 Å². The molecule has 28 heavy (non-hydrogen) atoms. The lowest BCUT2D eigenvalue weighted by Crippen LogP contribution is -2.46. The predicted molar refractivity (Wildman–Crippen MR) is 70.7 cm³/mol. The molecule has 0 rings (SSSR count). The van der Waals surface area contributed by atoms with Crippen molar-refractivity contribution in [3.8, 4) is 0 Å². The Bertz CT molecular complexity index is 488. The van der Waals surface area contributed by atoms with E-state index in [4.69, 9.17) is 0 Å². The molecule has 0 aliphatic heterocycles. The average Bonchev–Trinajstić information content (AvgIpc) is 2.52. The zero-order valence-corrected chi connectivity index (χ0v) is 14.1. The van der Waals surface area contributed by atoms with Gasteiger partial charge in [-0.1, -0.05) is 6.92 Å². The van der Waals surface area contributed by atoms with Crippen LogP contribution in [0.3, 0.4) is 0 Å². The number of carbonyl (C=O) groups excluding carboxylic acids is 2. The third-order valence-electron chi connectivity index (χ3n) is 3.05. The molecule has 0 bridgehead atoms. The molecule has 0 aliphatic carbocycles. The Hall–Kier alpha value is -1.80. The summed E-state index contributed by atoms with van der Waals surface area (Å²) in [6, 6.07) is 0. The second-order valence-electron chi connectivity index (χ2n) is 5.26. The Morgan fingerprint density at radius 2 is 1.00 bits per heavy atom. The third kappa shape index (κ3) is 6.98. The molecule has 0 aromatic carbocycles. The van der Waals surface area contributed by atoms with Crippen LogP contribution in [-0.4, -0.2) is 73.9 Å². The first-order chi connectivity index (χ1) is 12.5. The van der Waals surface area contributed by atoms with Crippen LogP contribution < -0.4 is 0 Å². The molecule has 0 heterocycles. The maximum Gasteiger partial charge on any atom is 0.465 e. The van der Waals surface area contributed by atoms with Gasteiger partial charge in [0.2, 0.25) is 0 Å². The summed E-state index contributed by atoms with van der Waals surface area (Å²) in [7, 11) is 0. The van der Waals surface area contributed by atoms with Crippen LogP contribution in [0.4, 0.5) is 43.9 Å². The van der Waals surface area contributed by atoms with Gasteiger partial charge in [-0.05, 0) is 13.0 Å². The zero-order valence-electron chi connectivity index (χ0n) is 14.1. The molecule has 0 fully saturated rings. The van der Waals surface area contributed by atoms with Gasteiger partial charge in [0.05, 0.1) is 0 Å². The minimum Gasteiger partial charge on any atom is -0.460 e. The van der Waals surface area contributed by atoms with Gasteiger partial charge in [0.1, 0.15) is 13.2 Å². The van der Waals surface area contributed by atoms with Crippen LogP contribution in [0, 0.1) is 0 Å². The number of hydrogen-bond acceptors (Lipinski definition) is 5. The van der Waals surface area contributed by atoms with E-state index in [0.717, 1.165) is 4.90 Å². The van der Waals surface area contributed by atoms with E-state index in [1.54, 1.807) is 6.92 Å². The molecule has 0 atom stereocenters. The molecule has 15 heteroatoms. The molecule has 0 N–H and O–H groups in total. The van der Waals surface area contributed by atoms with Crippen molar-refractivity contribution in [1.82, 2.24) is 4.90 Å². The normalized spacial score (nSPS) is 13.6. The summed E-state index contributed by atoms with van der Waals surface area (Å²) in [5.41, 5.74) is 0. The number of nitrogens with zero attached hydrogens (tertiary/aromatic N) is 1. The van der Waals surface area contributed by atoms with Crippen LogP contribution in [-0.2, 0) is 19.1 Å². The highest BCUT2D eigenvalue weighted by Gasteiger charge is 2.65. The fourth-order valence-corrected chi connectivity index (χ4v) is 1.60. The van der Waals surface area contributed by atoms with Crippen LogP contribution in [0.2, 0.25) is 0 Å². The van der Waals surface area contributed by atoms with Gasteiger partial charge >= 0.3 is 36.1 Å². The number of rotatable bonds is 10. The second kappa shape index (κ2) is 9.60. The fourth-order valence-electron chi connectivity index (χ4n) is 1.60. The Kier molecular flexibility index (Phi) is 8.99. The smallest absolute Gasteiger partial charge is 0.460 e. The van der Waals surface area contributed by atoms with Gasteiger partial charge in [0, 0.05) is 13.1 Å². The summed E-state index contributed by atoms with van der Waals surface area (Å²) in [4.78, 5) is 22.7. The summed E-state index contributed by atoms with van der Waals surface area (Å²) < 4.78 is 130. The van der Waals surface area contributed by atoms with Gasteiger partial charge in [0.15, 0.2) is 0 Å². The summed E-state index contributed by atoms with van der Waals surface area (Å²) in [6.07, 6.45) is -12.0. The minimum absolute atomic E-state index is 0.0560. The minimum atomic E-state index is -6.16. The molecule has 0 aromatic rings. The van der Waals surface area contributed by atoms with Gasteiger partial charge in [-0.3, -0.25) is 4.90 Å². The molecule has 0 amide bonds. The molecule has 166 valence electrons. The highest BCUT2D eigenvalue weighted by atomic mass is 19.4. The van der Waals surface area contributed by atoms with Crippen molar-refractivity contribution in [2.75, 3.05) is 32.8 Å². The highest BCUT2D eigenvalue weighted by Crippen LogP contribution is 2.37. The quantitative estimate of drug-likeness (QED) is 0.387. The fraction of sp³-hybridized carbons (Fsp3) is 0.846. The first-order valence-electron chi connectivity index (χ1n) is 7.44. The lowest BCUT2D eigenvalue weighted by Gasteiger charge is -2.23. The number of halogens is 10. The Balaban J connectivity index is 4.56. The molecular formula is C13H15F10NO4. The monoisotopic (exact) mass is 439 g/mol. The lowest BCUT2D eigenvalue weighted by atomic mass is 10.3. The molecule has 0 radical (unpaired) electrons. The van der Waals surface area contributed by atoms with E-state index in [0.29, 0.717) is 6.42 Å². The van der Waals surface area contributed by atoms with E-state index < -0.39 is 62.4 Å². The molecule has 0 aromatic heterocycles. The van der Waals surface area contributed by atoms with Crippen LogP contribution in [0.5, 0.6) is 0 Å². The van der Waals surface area contributed by atoms with Crippen LogP contribution in [0.15, 0.2) is 0 Å². The third-order valence-corrected chi connectivity index (χ3v) is 3.05. The summed E-state index contributed by atoms with van der Waals surface area (Å²) in [5, 5.41) is 0. The van der Waals surface area contributed by atoms with E-state index in [-0.39, 0.29) is 6.54 Å². The number of esters is 2. The molecule has 0 spiro atoms. The first-order valence-corrected chi connectivity index (χ1v) is 7.44. The van der Waals surface area contributed by atoms with Crippen molar-refractivity contribution >= 4 is 11.9 Å². The van der Waals surface area contributed by atoms with Crippen molar-refractivity contribution < 1.29 is 63.0 Å². The van der Waals surface area contributed by atoms with Crippen molar-refractivity contribution in [2.45, 2.75) is 37.5 Å². The van der Waals surface area contributed by atoms with E-state index >= 15 is 0 Å². The van der Waals surface area contributed by atoms with Gasteiger partial charge in [-0.25, -0.2) is 9.59 Å². The SMILES string of the molecule is CCCN(CCOC(=O)C(F)(F)C(F)(F)F)CCOC(=O)C(F)(F)C(F)(F)F. The van der Waals surface area contributed by atoms with Gasteiger partial charge in [0.25, 0.3) is 0 Å². The predicted octanol–water partition coefficient (Wildman–Crippen LogP) is 3.18. The van der Waals surface area contributed by atoms with Crippen molar-refractivity contribution in [1.29, 1.82) is 0 Å². The van der Waals surface area contributed by atoms with Crippen molar-refractivity contribution in [3.05, 3.63) is 0 Å². The lowest BCUT2D eigenvalue weighted by molar-refractivity contribution is -0.280. The van der Waals surface area contributed by atoms with Crippen molar-refractivity contribution in [3.63, 3.8) is 0 Å². The Morgan fingerprint density at radius 3 is 1.25 bits per heavy atom. The number of carbonyl (C=O) groups is 2. The van der Waals surface area contributed by atoms with Crippen LogP contribution in [0.25, 0.3) is 0 Å². The summed E-state index contributed by atoms with van der Waals surface area (Å²) in [5.74, 6) is -17.2. The zero-order chi connectivity index (χ0) is 22.4. The Morgan fingerprint density at radius 1 is 0.679 bits per heavy atom. The van der Waals surface area contributed by atoms with Crippen LogP contribution in [0.1, 0.15) is 13.3 Å². The van der Waals surface area contributed by atoms with Crippen molar-refractivity contribution in [2.24, 2.45) is 0 Å². The average molecular weight is 439 g/mol. The second-order valence-corrected chi connectivity index (χ2v) is 5.26. The summed E-state index contributed by atoms with van der Waals surface area (Å²) in [6.45, 7) is -1.24. The van der Waals surface area contributed by atoms with E-state index in [9.17, 15) is 53.5 Å². The first kappa shape index (κ1) is 26.2. The maximum atomic E-state index is 12.7. The topological polar surface area (TPSA) is 55.8 Å².